The molecule has 6 rings (SSSR count). The third kappa shape index (κ3) is 3.97. The number of amides is 1. The zero-order chi connectivity index (χ0) is 24.9. The maximum atomic E-state index is 12.4. The number of fused-ring (bicyclic) bond motifs is 2. The first-order valence-corrected chi connectivity index (χ1v) is 12.5. The van der Waals surface area contributed by atoms with Crippen LogP contribution in [0.1, 0.15) is 32.6 Å². The monoisotopic (exact) mass is 495 g/mol. The van der Waals surface area contributed by atoms with Gasteiger partial charge in [0.25, 0.3) is 0 Å². The number of H-pyrrole nitrogens is 1. The summed E-state index contributed by atoms with van der Waals surface area (Å²) in [7, 11) is 0. The third-order valence-electron chi connectivity index (χ3n) is 6.20. The highest BCUT2D eigenvalue weighted by Crippen LogP contribution is 2.43. The second-order valence-corrected chi connectivity index (χ2v) is 10.8. The Morgan fingerprint density at radius 3 is 2.67 bits per heavy atom. The summed E-state index contributed by atoms with van der Waals surface area (Å²) >= 11 is 1.69. The van der Waals surface area contributed by atoms with E-state index >= 15 is 0 Å². The molecule has 180 valence electrons. The average Bonchev–Trinajstić information content (AvgIpc) is 3.62. The highest BCUT2D eigenvalue weighted by Gasteiger charge is 2.27. The van der Waals surface area contributed by atoms with Crippen LogP contribution >= 0.6 is 11.3 Å². The molecule has 0 fully saturated rings. The molecule has 1 aliphatic heterocycles. The van der Waals surface area contributed by atoms with E-state index in [4.69, 9.17) is 0 Å². The number of nitrogens with zero attached hydrogens (tertiary/aromatic N) is 3. The number of aromatic amines is 1. The van der Waals surface area contributed by atoms with Crippen molar-refractivity contribution in [3.63, 3.8) is 0 Å². The zero-order valence-electron chi connectivity index (χ0n) is 20.1. The second kappa shape index (κ2) is 8.46. The van der Waals surface area contributed by atoms with E-state index in [9.17, 15) is 4.79 Å². The van der Waals surface area contributed by atoms with E-state index in [0.29, 0.717) is 5.69 Å². The first-order valence-electron chi connectivity index (χ1n) is 11.7. The second-order valence-electron chi connectivity index (χ2n) is 9.84. The number of hydrogen-bond donors (Lipinski definition) is 4. The molecule has 5 aromatic rings. The molecular formula is C27H25N7OS. The summed E-state index contributed by atoms with van der Waals surface area (Å²) in [6.07, 6.45) is 7.01. The van der Waals surface area contributed by atoms with Crippen LogP contribution in [0, 0.1) is 5.41 Å². The lowest BCUT2D eigenvalue weighted by Crippen LogP contribution is -2.27. The van der Waals surface area contributed by atoms with E-state index in [1.807, 2.05) is 57.4 Å². The van der Waals surface area contributed by atoms with Crippen LogP contribution in [0.2, 0.25) is 0 Å². The van der Waals surface area contributed by atoms with Gasteiger partial charge < -0.3 is 16.0 Å². The van der Waals surface area contributed by atoms with Crippen molar-refractivity contribution in [3.05, 3.63) is 72.3 Å². The first kappa shape index (κ1) is 22.2. The van der Waals surface area contributed by atoms with Gasteiger partial charge in [-0.05, 0) is 35.2 Å². The van der Waals surface area contributed by atoms with Crippen molar-refractivity contribution < 1.29 is 4.79 Å². The Morgan fingerprint density at radius 2 is 1.86 bits per heavy atom. The number of hydrogen-bond acceptors (Lipinski definition) is 7. The molecule has 0 saturated heterocycles. The molecule has 1 aliphatic rings. The van der Waals surface area contributed by atoms with Crippen LogP contribution in [0.15, 0.2) is 66.6 Å². The lowest BCUT2D eigenvalue weighted by Gasteiger charge is -2.17. The summed E-state index contributed by atoms with van der Waals surface area (Å²) in [6, 6.07) is 12.2. The summed E-state index contributed by atoms with van der Waals surface area (Å²) in [6.45, 7) is 5.66. The van der Waals surface area contributed by atoms with Crippen LogP contribution in [-0.4, -0.2) is 26.1 Å². The fraction of sp³-hybridized carbons (Fsp3) is 0.185. The molecule has 1 aromatic carbocycles. The summed E-state index contributed by atoms with van der Waals surface area (Å²) in [5, 5.41) is 20.9. The van der Waals surface area contributed by atoms with Gasteiger partial charge in [-0.3, -0.25) is 19.9 Å². The molecule has 0 saturated carbocycles. The van der Waals surface area contributed by atoms with Gasteiger partial charge in [0.1, 0.15) is 6.17 Å². The summed E-state index contributed by atoms with van der Waals surface area (Å²) < 4.78 is 0. The number of nitrogens with one attached hydrogen (secondary N) is 4. The number of aromatic nitrogens is 4. The first-order chi connectivity index (χ1) is 17.4. The highest BCUT2D eigenvalue weighted by molar-refractivity contribution is 7.13. The molecule has 1 unspecified atom stereocenters. The molecule has 0 aliphatic carbocycles. The molecule has 36 heavy (non-hydrogen) atoms. The van der Waals surface area contributed by atoms with Gasteiger partial charge >= 0.3 is 0 Å². The predicted octanol–water partition coefficient (Wildman–Crippen LogP) is 6.27. The fourth-order valence-corrected chi connectivity index (χ4v) is 4.98. The van der Waals surface area contributed by atoms with Gasteiger partial charge in [-0.25, -0.2) is 0 Å². The zero-order valence-corrected chi connectivity index (χ0v) is 20.9. The van der Waals surface area contributed by atoms with Crippen molar-refractivity contribution in [3.8, 4) is 21.6 Å². The molecule has 0 bridgehead atoms. The van der Waals surface area contributed by atoms with Gasteiger partial charge in [-0.2, -0.15) is 5.10 Å². The van der Waals surface area contributed by atoms with Crippen molar-refractivity contribution in [2.24, 2.45) is 5.41 Å². The number of rotatable bonds is 4. The minimum absolute atomic E-state index is 0.0524. The maximum absolute atomic E-state index is 12.4. The van der Waals surface area contributed by atoms with Crippen LogP contribution in [0.25, 0.3) is 32.5 Å². The van der Waals surface area contributed by atoms with Gasteiger partial charge in [-0.15, -0.1) is 11.3 Å². The van der Waals surface area contributed by atoms with E-state index in [0.717, 1.165) is 49.5 Å². The van der Waals surface area contributed by atoms with Crippen molar-refractivity contribution in [1.82, 2.24) is 20.2 Å². The van der Waals surface area contributed by atoms with Crippen LogP contribution in [-0.2, 0) is 4.79 Å². The number of carbonyl (C=O) groups excluding carboxylic acids is 1. The van der Waals surface area contributed by atoms with Crippen LogP contribution in [0.5, 0.6) is 0 Å². The van der Waals surface area contributed by atoms with Gasteiger partial charge in [0.05, 0.1) is 40.7 Å². The Labute approximate surface area is 212 Å². The Kier molecular flexibility index (Phi) is 5.22. The van der Waals surface area contributed by atoms with Crippen molar-refractivity contribution in [1.29, 1.82) is 0 Å². The molecule has 1 atom stereocenters. The van der Waals surface area contributed by atoms with E-state index in [1.165, 1.54) is 0 Å². The van der Waals surface area contributed by atoms with E-state index in [2.05, 4.69) is 53.6 Å². The van der Waals surface area contributed by atoms with Crippen molar-refractivity contribution in [2.75, 3.05) is 16.0 Å². The largest absolute Gasteiger partial charge is 0.358 e. The fourth-order valence-electron chi connectivity index (χ4n) is 4.24. The lowest BCUT2D eigenvalue weighted by molar-refractivity contribution is -0.123. The minimum atomic E-state index is -0.488. The normalized spacial score (nSPS) is 14.8. The molecular weight excluding hydrogens is 470 g/mol. The number of anilines is 3. The number of carbonyl (C=O) groups is 1. The maximum Gasteiger partial charge on any atom is 0.229 e. The van der Waals surface area contributed by atoms with Gasteiger partial charge in [-0.1, -0.05) is 32.9 Å². The average molecular weight is 496 g/mol. The van der Waals surface area contributed by atoms with E-state index in [-0.39, 0.29) is 12.1 Å². The molecule has 5 heterocycles. The topological polar surface area (TPSA) is 108 Å². The Bertz CT molecular complexity index is 1580. The van der Waals surface area contributed by atoms with Gasteiger partial charge in [0.2, 0.25) is 5.91 Å². The molecule has 0 radical (unpaired) electrons. The van der Waals surface area contributed by atoms with Crippen LogP contribution in [0.3, 0.4) is 0 Å². The minimum Gasteiger partial charge on any atom is -0.358 e. The molecule has 0 spiro atoms. The summed E-state index contributed by atoms with van der Waals surface area (Å²) in [4.78, 5) is 22.4. The van der Waals surface area contributed by atoms with E-state index < -0.39 is 5.41 Å². The Morgan fingerprint density at radius 1 is 1.00 bits per heavy atom. The SMILES string of the molecule is CC(C)(C)C(=O)Nc1cncc(-c2ccc3n[nH]c(C4Nc5cncc(-c6cccs6)c5N4)c3c2)c1. The Hall–Kier alpha value is -4.24. The summed E-state index contributed by atoms with van der Waals surface area (Å²) in [5.41, 5.74) is 6.94. The van der Waals surface area contributed by atoms with Crippen molar-refractivity contribution in [2.45, 2.75) is 26.9 Å². The molecule has 8 nitrogen and oxygen atoms in total. The molecule has 1 amide bonds. The number of benzene rings is 1. The van der Waals surface area contributed by atoms with Gasteiger partial charge in [0.15, 0.2) is 0 Å². The predicted molar refractivity (Wildman–Crippen MR) is 145 cm³/mol. The highest BCUT2D eigenvalue weighted by atomic mass is 32.1. The van der Waals surface area contributed by atoms with Crippen LogP contribution in [0.4, 0.5) is 17.1 Å². The standard InChI is InChI=1S/C27H25N7OS/c1-27(2,3)26(35)30-17-9-16(11-28-12-17)15-6-7-20-18(10-15)24(34-33-20)25-31-21-14-29-13-19(23(21)32-25)22-5-4-8-36-22/h4-14,25,31-32H,1-3H3,(H,30,35)(H,33,34). The number of thiophene rings is 1. The smallest absolute Gasteiger partial charge is 0.229 e. The molecule has 4 aromatic heterocycles. The van der Waals surface area contributed by atoms with Crippen molar-refractivity contribution >= 4 is 45.2 Å². The quantitative estimate of drug-likeness (QED) is 0.234. The lowest BCUT2D eigenvalue weighted by atomic mass is 9.95. The van der Waals surface area contributed by atoms with E-state index in [1.54, 1.807) is 23.7 Å². The number of pyridine rings is 2. The third-order valence-corrected chi connectivity index (χ3v) is 7.11. The summed E-state index contributed by atoms with van der Waals surface area (Å²) in [5.74, 6) is -0.0524. The Balaban J connectivity index is 1.32. The molecule has 9 heteroatoms. The van der Waals surface area contributed by atoms with Gasteiger partial charge in [0, 0.05) is 39.2 Å². The van der Waals surface area contributed by atoms with Crippen LogP contribution < -0.4 is 16.0 Å². The molecule has 4 N–H and O–H groups in total.